The second kappa shape index (κ2) is 8.88. The number of alkyl halides is 2. The number of halogens is 2. The first-order chi connectivity index (χ1) is 15.6. The third-order valence-electron chi connectivity index (χ3n) is 5.09. The van der Waals surface area contributed by atoms with Gasteiger partial charge in [0.15, 0.2) is 0 Å². The highest BCUT2D eigenvalue weighted by molar-refractivity contribution is 6.01. The Labute approximate surface area is 190 Å². The zero-order chi connectivity index (χ0) is 23.8. The Morgan fingerprint density at radius 2 is 1.97 bits per heavy atom. The molecule has 3 aromatic rings. The van der Waals surface area contributed by atoms with E-state index in [0.29, 0.717) is 29.3 Å². The van der Waals surface area contributed by atoms with E-state index in [0.717, 1.165) is 12.8 Å². The van der Waals surface area contributed by atoms with Crippen molar-refractivity contribution >= 4 is 11.6 Å². The van der Waals surface area contributed by atoms with Crippen LogP contribution in [0.15, 0.2) is 36.7 Å². The van der Waals surface area contributed by atoms with E-state index in [1.54, 1.807) is 28.9 Å². The lowest BCUT2D eigenvalue weighted by molar-refractivity contribution is -0.0502. The number of hydrogen-bond acceptors (Lipinski definition) is 5. The van der Waals surface area contributed by atoms with Gasteiger partial charge in [-0.05, 0) is 36.5 Å². The van der Waals surface area contributed by atoms with Gasteiger partial charge in [0.1, 0.15) is 28.5 Å². The van der Waals surface area contributed by atoms with Crippen molar-refractivity contribution in [2.24, 2.45) is 5.41 Å². The molecular weight excluding hydrogens is 432 g/mol. The summed E-state index contributed by atoms with van der Waals surface area (Å²) < 4.78 is 44.1. The number of pyridine rings is 1. The van der Waals surface area contributed by atoms with Crippen LogP contribution in [0.5, 0.6) is 17.2 Å². The summed E-state index contributed by atoms with van der Waals surface area (Å²) in [5.41, 5.74) is 1.72. The van der Waals surface area contributed by atoms with Crippen LogP contribution in [0, 0.1) is 5.41 Å². The molecule has 0 aliphatic heterocycles. The lowest BCUT2D eigenvalue weighted by Crippen LogP contribution is -2.26. The number of carbonyl (C=O) groups is 1. The van der Waals surface area contributed by atoms with Gasteiger partial charge in [-0.15, -0.1) is 0 Å². The highest BCUT2D eigenvalue weighted by Gasteiger charge is 2.29. The third kappa shape index (κ3) is 5.35. The molecule has 1 aliphatic carbocycles. The predicted octanol–water partition coefficient (Wildman–Crippen LogP) is 4.93. The lowest BCUT2D eigenvalue weighted by atomic mass is 9.99. The van der Waals surface area contributed by atoms with Gasteiger partial charge in [0.25, 0.3) is 5.91 Å². The molecule has 1 aliphatic rings. The van der Waals surface area contributed by atoms with Gasteiger partial charge in [-0.1, -0.05) is 20.8 Å². The number of nitrogens with one attached hydrogen (secondary N) is 1. The van der Waals surface area contributed by atoms with Crippen molar-refractivity contribution in [2.75, 3.05) is 13.7 Å². The Bertz CT molecular complexity index is 1170. The van der Waals surface area contributed by atoms with Crippen molar-refractivity contribution < 1.29 is 27.8 Å². The van der Waals surface area contributed by atoms with E-state index in [-0.39, 0.29) is 28.5 Å². The number of amides is 1. The minimum absolute atomic E-state index is 0.0118. The summed E-state index contributed by atoms with van der Waals surface area (Å²) in [5.74, 6) is 0.0651. The predicted molar refractivity (Wildman–Crippen MR) is 119 cm³/mol. The molecule has 0 spiro atoms. The minimum Gasteiger partial charge on any atom is -0.496 e. The van der Waals surface area contributed by atoms with Crippen molar-refractivity contribution in [1.82, 2.24) is 14.7 Å². The summed E-state index contributed by atoms with van der Waals surface area (Å²) in [6, 6.07) is 6.70. The van der Waals surface area contributed by atoms with Gasteiger partial charge in [-0.3, -0.25) is 9.20 Å². The van der Waals surface area contributed by atoms with Gasteiger partial charge in [0.05, 0.1) is 25.6 Å². The number of ether oxygens (including phenoxy) is 3. The van der Waals surface area contributed by atoms with Crippen molar-refractivity contribution in [1.29, 1.82) is 0 Å². The first kappa shape index (κ1) is 22.8. The summed E-state index contributed by atoms with van der Waals surface area (Å²) in [6.07, 6.45) is 5.14. The maximum atomic E-state index is 13.2. The van der Waals surface area contributed by atoms with Crippen LogP contribution in [0.2, 0.25) is 0 Å². The van der Waals surface area contributed by atoms with E-state index in [2.05, 4.69) is 31.1 Å². The molecule has 176 valence electrons. The van der Waals surface area contributed by atoms with E-state index < -0.39 is 12.5 Å². The molecule has 1 saturated carbocycles. The number of fused-ring (bicyclic) bond motifs is 1. The molecule has 1 aromatic carbocycles. The number of imidazole rings is 1. The summed E-state index contributed by atoms with van der Waals surface area (Å²) >= 11 is 0. The molecule has 0 unspecified atom stereocenters. The molecule has 1 amide bonds. The van der Waals surface area contributed by atoms with Gasteiger partial charge in [-0.2, -0.15) is 8.78 Å². The van der Waals surface area contributed by atoms with Crippen LogP contribution in [0.1, 0.15) is 44.0 Å². The van der Waals surface area contributed by atoms with Crippen molar-refractivity contribution in [3.8, 4) is 28.5 Å². The van der Waals surface area contributed by atoms with E-state index in [4.69, 9.17) is 14.2 Å². The molecule has 2 aromatic heterocycles. The molecular formula is C24H27F2N3O4. The molecule has 9 heteroatoms. The average molecular weight is 459 g/mol. The van der Waals surface area contributed by atoms with Crippen LogP contribution >= 0.6 is 0 Å². The zero-order valence-corrected chi connectivity index (χ0v) is 19.0. The molecule has 7 nitrogen and oxygen atoms in total. The second-order valence-corrected chi connectivity index (χ2v) is 9.26. The summed E-state index contributed by atoms with van der Waals surface area (Å²) in [4.78, 5) is 17.1. The molecule has 4 rings (SSSR count). The highest BCUT2D eigenvalue weighted by Crippen LogP contribution is 2.37. The number of carbonyl (C=O) groups excluding carboxylic acids is 1. The first-order valence-corrected chi connectivity index (χ1v) is 10.7. The van der Waals surface area contributed by atoms with Gasteiger partial charge in [-0.25, -0.2) is 4.98 Å². The van der Waals surface area contributed by atoms with Gasteiger partial charge in [0, 0.05) is 23.9 Å². The van der Waals surface area contributed by atoms with E-state index in [1.807, 2.05) is 6.07 Å². The summed E-state index contributed by atoms with van der Waals surface area (Å²) in [7, 11) is 1.38. The Morgan fingerprint density at radius 3 is 2.61 bits per heavy atom. The van der Waals surface area contributed by atoms with Crippen LogP contribution in [0.25, 0.3) is 16.9 Å². The molecule has 0 bridgehead atoms. The van der Waals surface area contributed by atoms with Gasteiger partial charge >= 0.3 is 6.61 Å². The number of nitrogens with zero attached hydrogens (tertiary/aromatic N) is 2. The SMILES string of the molecule is COc1cc(-c2cnc3cc(OCC(C)(C)C)ccn23)cc(OC(F)F)c1C(=O)NC1CC1. The van der Waals surface area contributed by atoms with Gasteiger partial charge in [0.2, 0.25) is 0 Å². The standard InChI is InChI=1S/C24H27F2N3O4/c1-24(2,3)13-32-16-7-8-29-17(12-27-20(29)11-16)14-9-18(31-4)21(19(10-14)33-23(25)26)22(30)28-15-5-6-15/h7-12,15,23H,5-6,13H2,1-4H3,(H,28,30). The third-order valence-corrected chi connectivity index (χ3v) is 5.09. The smallest absolute Gasteiger partial charge is 0.387 e. The zero-order valence-electron chi connectivity index (χ0n) is 19.0. The molecule has 0 atom stereocenters. The first-order valence-electron chi connectivity index (χ1n) is 10.7. The minimum atomic E-state index is -3.10. The monoisotopic (exact) mass is 459 g/mol. The van der Waals surface area contributed by atoms with Crippen LogP contribution in [0.3, 0.4) is 0 Å². The Hall–Kier alpha value is -3.36. The van der Waals surface area contributed by atoms with Crippen LogP contribution in [-0.2, 0) is 0 Å². The van der Waals surface area contributed by atoms with Crippen molar-refractivity contribution in [3.63, 3.8) is 0 Å². The number of hydrogen-bond donors (Lipinski definition) is 1. The van der Waals surface area contributed by atoms with Crippen molar-refractivity contribution in [2.45, 2.75) is 46.3 Å². The Kier molecular flexibility index (Phi) is 6.14. The maximum Gasteiger partial charge on any atom is 0.387 e. The normalized spacial score (nSPS) is 13.9. The fourth-order valence-corrected chi connectivity index (χ4v) is 3.36. The van der Waals surface area contributed by atoms with Crippen LogP contribution in [0.4, 0.5) is 8.78 Å². The molecule has 0 radical (unpaired) electrons. The van der Waals surface area contributed by atoms with Crippen LogP contribution < -0.4 is 19.5 Å². The summed E-state index contributed by atoms with van der Waals surface area (Å²) in [6.45, 7) is 3.70. The number of rotatable bonds is 8. The molecule has 0 saturated heterocycles. The fraction of sp³-hybridized carbons (Fsp3) is 0.417. The Morgan fingerprint density at radius 1 is 1.24 bits per heavy atom. The molecule has 33 heavy (non-hydrogen) atoms. The Balaban J connectivity index is 1.72. The molecule has 1 fully saturated rings. The fourth-order valence-electron chi connectivity index (χ4n) is 3.36. The van der Waals surface area contributed by atoms with E-state index >= 15 is 0 Å². The largest absolute Gasteiger partial charge is 0.496 e. The molecule has 2 heterocycles. The van der Waals surface area contributed by atoms with E-state index in [1.165, 1.54) is 13.2 Å². The quantitative estimate of drug-likeness (QED) is 0.517. The summed E-state index contributed by atoms with van der Waals surface area (Å²) in [5, 5.41) is 2.80. The van der Waals surface area contributed by atoms with Gasteiger partial charge < -0.3 is 19.5 Å². The number of methoxy groups -OCH3 is 1. The lowest BCUT2D eigenvalue weighted by Gasteiger charge is -2.19. The number of benzene rings is 1. The topological polar surface area (TPSA) is 74.1 Å². The maximum absolute atomic E-state index is 13.2. The van der Waals surface area contributed by atoms with Crippen LogP contribution in [-0.4, -0.2) is 41.7 Å². The van der Waals surface area contributed by atoms with Crippen molar-refractivity contribution in [3.05, 3.63) is 42.2 Å². The molecule has 1 N–H and O–H groups in total. The second-order valence-electron chi connectivity index (χ2n) is 9.26. The van der Waals surface area contributed by atoms with E-state index in [9.17, 15) is 13.6 Å². The average Bonchev–Trinajstić information content (AvgIpc) is 3.45. The highest BCUT2D eigenvalue weighted by atomic mass is 19.3. The number of aromatic nitrogens is 2.